The van der Waals surface area contributed by atoms with Crippen LogP contribution in [0.1, 0.15) is 12.5 Å². The fraction of sp³-hybridized carbons (Fsp3) is 0.417. The van der Waals surface area contributed by atoms with Crippen LogP contribution >= 0.6 is 0 Å². The maximum atomic E-state index is 11.9. The highest BCUT2D eigenvalue weighted by Crippen LogP contribution is 2.12. The Morgan fingerprint density at radius 2 is 1.95 bits per heavy atom. The van der Waals surface area contributed by atoms with Gasteiger partial charge in [-0.2, -0.15) is 18.7 Å². The number of carbonyl (C=O) groups is 1. The lowest BCUT2D eigenvalue weighted by molar-refractivity contribution is -0.142. The van der Waals surface area contributed by atoms with Gasteiger partial charge in [-0.05, 0) is 12.5 Å². The van der Waals surface area contributed by atoms with Crippen LogP contribution in [0.2, 0.25) is 0 Å². The number of alkyl halides is 3. The van der Waals surface area contributed by atoms with Gasteiger partial charge in [0.2, 0.25) is 5.91 Å². The third-order valence-electron chi connectivity index (χ3n) is 2.20. The summed E-state index contributed by atoms with van der Waals surface area (Å²) in [5, 5.41) is 1.76. The van der Waals surface area contributed by atoms with Crippen molar-refractivity contribution in [2.45, 2.75) is 25.7 Å². The van der Waals surface area contributed by atoms with Gasteiger partial charge in [0.25, 0.3) is 0 Å². The zero-order valence-electron chi connectivity index (χ0n) is 10.3. The Balaban J connectivity index is 2.23. The van der Waals surface area contributed by atoms with Crippen molar-refractivity contribution in [3.8, 4) is 0 Å². The quantitative estimate of drug-likeness (QED) is 0.779. The molecule has 1 aromatic rings. The molecule has 1 atom stereocenters. The minimum atomic E-state index is -4.42. The molecular formula is C12H15F3N2O2. The van der Waals surface area contributed by atoms with Gasteiger partial charge < -0.3 is 5.32 Å². The van der Waals surface area contributed by atoms with E-state index >= 15 is 0 Å². The molecule has 0 aliphatic rings. The lowest BCUT2D eigenvalue weighted by atomic mass is 10.2. The lowest BCUT2D eigenvalue weighted by Gasteiger charge is -2.15. The van der Waals surface area contributed by atoms with E-state index < -0.39 is 24.7 Å². The van der Waals surface area contributed by atoms with E-state index in [1.807, 2.05) is 30.3 Å². The average Bonchev–Trinajstić information content (AvgIpc) is 2.36. The third-order valence-corrected chi connectivity index (χ3v) is 2.20. The van der Waals surface area contributed by atoms with E-state index in [1.54, 1.807) is 5.32 Å². The molecule has 0 saturated carbocycles. The van der Waals surface area contributed by atoms with Crippen LogP contribution in [0.15, 0.2) is 30.3 Å². The summed E-state index contributed by atoms with van der Waals surface area (Å²) in [6.45, 7) is 0.283. The molecule has 0 fully saturated rings. The first-order chi connectivity index (χ1) is 8.88. The van der Waals surface area contributed by atoms with Crippen molar-refractivity contribution in [3.63, 3.8) is 0 Å². The second-order valence-electron chi connectivity index (χ2n) is 3.95. The first-order valence-corrected chi connectivity index (χ1v) is 5.64. The molecule has 1 amide bonds. The van der Waals surface area contributed by atoms with Crippen LogP contribution < -0.4 is 10.8 Å². The highest BCUT2D eigenvalue weighted by molar-refractivity contribution is 5.81. The fourth-order valence-corrected chi connectivity index (χ4v) is 1.22. The Bertz CT molecular complexity index is 396. The molecular weight excluding hydrogens is 261 g/mol. The second kappa shape index (κ2) is 7.10. The highest BCUT2D eigenvalue weighted by atomic mass is 19.4. The standard InChI is InChI=1S/C12H15F3N2O2/c1-9(11(18)16-8-12(13,14)15)17-19-7-10-5-3-2-4-6-10/h2-6,9,17H,7-8H2,1H3,(H,16,18). The van der Waals surface area contributed by atoms with E-state index in [0.29, 0.717) is 0 Å². The van der Waals surface area contributed by atoms with Crippen molar-refractivity contribution >= 4 is 5.91 Å². The van der Waals surface area contributed by atoms with Crippen molar-refractivity contribution in [3.05, 3.63) is 35.9 Å². The number of rotatable bonds is 6. The maximum absolute atomic E-state index is 11.9. The van der Waals surface area contributed by atoms with Crippen molar-refractivity contribution < 1.29 is 22.8 Å². The Hall–Kier alpha value is -1.60. The van der Waals surface area contributed by atoms with Gasteiger partial charge in [0, 0.05) is 0 Å². The molecule has 0 saturated heterocycles. The Morgan fingerprint density at radius 1 is 1.32 bits per heavy atom. The van der Waals surface area contributed by atoms with E-state index in [1.165, 1.54) is 6.92 Å². The van der Waals surface area contributed by atoms with E-state index in [2.05, 4.69) is 5.48 Å². The molecule has 0 heterocycles. The molecule has 4 nitrogen and oxygen atoms in total. The zero-order chi connectivity index (χ0) is 14.3. The molecule has 0 spiro atoms. The molecule has 0 radical (unpaired) electrons. The molecule has 1 aromatic carbocycles. The molecule has 1 unspecified atom stereocenters. The number of nitrogens with one attached hydrogen (secondary N) is 2. The van der Waals surface area contributed by atoms with Crippen molar-refractivity contribution in [2.75, 3.05) is 6.54 Å². The number of halogens is 3. The van der Waals surface area contributed by atoms with E-state index in [0.717, 1.165) is 5.56 Å². The Labute approximate surface area is 108 Å². The summed E-state index contributed by atoms with van der Waals surface area (Å²) >= 11 is 0. The monoisotopic (exact) mass is 276 g/mol. The Kier molecular flexibility index (Phi) is 5.78. The van der Waals surface area contributed by atoms with E-state index in [-0.39, 0.29) is 6.61 Å². The van der Waals surface area contributed by atoms with Gasteiger partial charge in [0.15, 0.2) is 0 Å². The van der Waals surface area contributed by atoms with Gasteiger partial charge in [-0.15, -0.1) is 0 Å². The molecule has 0 aliphatic carbocycles. The number of hydrogen-bond donors (Lipinski definition) is 2. The smallest absolute Gasteiger partial charge is 0.346 e. The largest absolute Gasteiger partial charge is 0.405 e. The van der Waals surface area contributed by atoms with Crippen LogP contribution in [-0.4, -0.2) is 24.7 Å². The topological polar surface area (TPSA) is 50.4 Å². The molecule has 1 rings (SSSR count). The number of hydrogen-bond acceptors (Lipinski definition) is 3. The van der Waals surface area contributed by atoms with Crippen molar-refractivity contribution in [1.82, 2.24) is 10.8 Å². The summed E-state index contributed by atoms with van der Waals surface area (Å²) < 4.78 is 35.7. The van der Waals surface area contributed by atoms with Gasteiger partial charge in [-0.25, -0.2) is 0 Å². The lowest BCUT2D eigenvalue weighted by Crippen LogP contribution is -2.45. The van der Waals surface area contributed by atoms with Gasteiger partial charge in [-0.1, -0.05) is 30.3 Å². The second-order valence-corrected chi connectivity index (χ2v) is 3.95. The molecule has 19 heavy (non-hydrogen) atoms. The molecule has 0 aromatic heterocycles. The van der Waals surface area contributed by atoms with Crippen LogP contribution in [0.4, 0.5) is 13.2 Å². The number of amides is 1. The molecule has 0 bridgehead atoms. The SMILES string of the molecule is CC(NOCc1ccccc1)C(=O)NCC(F)(F)F. The fourth-order valence-electron chi connectivity index (χ4n) is 1.22. The third kappa shape index (κ3) is 6.78. The van der Waals surface area contributed by atoms with Crippen LogP contribution in [0.25, 0.3) is 0 Å². The van der Waals surface area contributed by atoms with Gasteiger partial charge in [0.05, 0.1) is 6.61 Å². The first-order valence-electron chi connectivity index (χ1n) is 5.64. The highest BCUT2D eigenvalue weighted by Gasteiger charge is 2.28. The predicted octanol–water partition coefficient (Wildman–Crippen LogP) is 1.77. The molecule has 7 heteroatoms. The molecule has 106 valence electrons. The molecule has 2 N–H and O–H groups in total. The van der Waals surface area contributed by atoms with Crippen LogP contribution in [0, 0.1) is 0 Å². The summed E-state index contributed by atoms with van der Waals surface area (Å²) in [6, 6.07) is 8.30. The molecule has 0 aliphatic heterocycles. The van der Waals surface area contributed by atoms with Crippen molar-refractivity contribution in [1.29, 1.82) is 0 Å². The van der Waals surface area contributed by atoms with Crippen molar-refractivity contribution in [2.24, 2.45) is 0 Å². The number of hydroxylamine groups is 1. The minimum Gasteiger partial charge on any atom is -0.346 e. The van der Waals surface area contributed by atoms with Crippen LogP contribution in [-0.2, 0) is 16.2 Å². The predicted molar refractivity (Wildman–Crippen MR) is 62.9 cm³/mol. The Morgan fingerprint density at radius 3 is 2.53 bits per heavy atom. The van der Waals surface area contributed by atoms with Gasteiger partial charge in [-0.3, -0.25) is 9.63 Å². The van der Waals surface area contributed by atoms with E-state index in [9.17, 15) is 18.0 Å². The summed E-state index contributed by atoms with van der Waals surface area (Å²) in [5.41, 5.74) is 3.27. The normalized spacial score (nSPS) is 13.1. The van der Waals surface area contributed by atoms with Gasteiger partial charge >= 0.3 is 6.18 Å². The number of carbonyl (C=O) groups excluding carboxylic acids is 1. The summed E-state index contributed by atoms with van der Waals surface area (Å²) in [6.07, 6.45) is -4.42. The van der Waals surface area contributed by atoms with Crippen LogP contribution in [0.3, 0.4) is 0 Å². The minimum absolute atomic E-state index is 0.220. The van der Waals surface area contributed by atoms with Gasteiger partial charge in [0.1, 0.15) is 12.6 Å². The summed E-state index contributed by atoms with van der Waals surface area (Å²) in [5.74, 6) is -0.773. The number of benzene rings is 1. The zero-order valence-corrected chi connectivity index (χ0v) is 10.3. The van der Waals surface area contributed by atoms with E-state index in [4.69, 9.17) is 4.84 Å². The summed E-state index contributed by atoms with van der Waals surface area (Å²) in [4.78, 5) is 16.3. The first kappa shape index (κ1) is 15.5. The maximum Gasteiger partial charge on any atom is 0.405 e. The van der Waals surface area contributed by atoms with Crippen LogP contribution in [0.5, 0.6) is 0 Å². The average molecular weight is 276 g/mol. The summed E-state index contributed by atoms with van der Waals surface area (Å²) in [7, 11) is 0.